The van der Waals surface area contributed by atoms with Crippen molar-refractivity contribution in [1.82, 2.24) is 10.7 Å². The lowest BCUT2D eigenvalue weighted by molar-refractivity contribution is -0.120. The Bertz CT molecular complexity index is 1140. The van der Waals surface area contributed by atoms with Crippen molar-refractivity contribution < 1.29 is 23.5 Å². The average Bonchev–Trinajstić information content (AvgIpc) is 3.22. The van der Waals surface area contributed by atoms with E-state index in [4.69, 9.17) is 9.47 Å². The lowest BCUT2D eigenvalue weighted by Crippen LogP contribution is -2.35. The number of hydrogen-bond acceptors (Lipinski definition) is 6. The maximum atomic E-state index is 13.8. The molecule has 2 amide bonds. The van der Waals surface area contributed by atoms with Gasteiger partial charge in [-0.05, 0) is 38.1 Å². The topological polar surface area (TPSA) is 89.0 Å². The molecule has 0 saturated carbocycles. The van der Waals surface area contributed by atoms with Gasteiger partial charge in [-0.2, -0.15) is 5.10 Å². The van der Waals surface area contributed by atoms with Crippen LogP contribution in [-0.4, -0.2) is 37.8 Å². The Morgan fingerprint density at radius 3 is 2.74 bits per heavy atom. The number of hydrazone groups is 1. The van der Waals surface area contributed by atoms with Crippen LogP contribution >= 0.6 is 11.3 Å². The van der Waals surface area contributed by atoms with E-state index in [0.717, 1.165) is 10.9 Å². The van der Waals surface area contributed by atoms with Gasteiger partial charge in [0.05, 0.1) is 30.7 Å². The third-order valence-corrected chi connectivity index (χ3v) is 5.43. The molecule has 0 fully saturated rings. The molecule has 0 spiro atoms. The van der Waals surface area contributed by atoms with E-state index in [0.29, 0.717) is 34.1 Å². The molecule has 0 unspecified atom stereocenters. The fourth-order valence-corrected chi connectivity index (χ4v) is 3.91. The molecule has 0 saturated heterocycles. The van der Waals surface area contributed by atoms with Crippen molar-refractivity contribution in [3.63, 3.8) is 0 Å². The molecule has 1 aromatic heterocycles. The van der Waals surface area contributed by atoms with Crippen molar-refractivity contribution in [2.24, 2.45) is 5.10 Å². The van der Waals surface area contributed by atoms with Gasteiger partial charge in [0, 0.05) is 21.9 Å². The number of hydrogen-bond donors (Lipinski definition) is 2. The number of ether oxygens (including phenoxy) is 2. The predicted molar refractivity (Wildman–Crippen MR) is 119 cm³/mol. The second kappa shape index (κ2) is 10.0. The second-order valence-corrected chi connectivity index (χ2v) is 7.36. The molecule has 31 heavy (non-hydrogen) atoms. The molecule has 0 aliphatic rings. The van der Waals surface area contributed by atoms with Gasteiger partial charge in [0.25, 0.3) is 11.8 Å². The van der Waals surface area contributed by atoms with Crippen molar-refractivity contribution in [1.29, 1.82) is 0 Å². The van der Waals surface area contributed by atoms with Crippen LogP contribution in [0, 0.1) is 5.82 Å². The maximum absolute atomic E-state index is 13.8. The fourth-order valence-electron chi connectivity index (χ4n) is 2.89. The van der Waals surface area contributed by atoms with E-state index >= 15 is 0 Å². The molecule has 3 aromatic rings. The number of carbonyl (C=O) groups excluding carboxylic acids is 2. The highest BCUT2D eigenvalue weighted by atomic mass is 32.1. The Labute approximate surface area is 182 Å². The molecule has 162 valence electrons. The number of nitrogens with zero attached hydrogens (tertiary/aromatic N) is 1. The molecule has 0 atom stereocenters. The molecule has 2 aromatic carbocycles. The van der Waals surface area contributed by atoms with Gasteiger partial charge in [0.15, 0.2) is 11.5 Å². The van der Waals surface area contributed by atoms with Crippen LogP contribution < -0.4 is 20.2 Å². The summed E-state index contributed by atoms with van der Waals surface area (Å²) in [5.74, 6) is -0.254. The van der Waals surface area contributed by atoms with Gasteiger partial charge in [-0.1, -0.05) is 12.1 Å². The minimum absolute atomic E-state index is 0.260. The zero-order valence-electron chi connectivity index (χ0n) is 17.3. The van der Waals surface area contributed by atoms with E-state index in [9.17, 15) is 14.0 Å². The summed E-state index contributed by atoms with van der Waals surface area (Å²) >= 11 is 1.28. The third kappa shape index (κ3) is 5.18. The predicted octanol–water partition coefficient (Wildman–Crippen LogP) is 3.72. The standard InChI is InChI=1S/C22H22FN3O4S/c1-4-30-18-9-8-14(10-19(18)29-3)22(28)24-11-20(27)26-25-13(2)16-12-31-21-15(16)6-5-7-17(21)23/h5-10,12H,4,11H2,1-3H3,(H,24,28)(H,26,27). The minimum Gasteiger partial charge on any atom is -0.493 e. The number of nitrogens with one attached hydrogen (secondary N) is 2. The van der Waals surface area contributed by atoms with Gasteiger partial charge >= 0.3 is 0 Å². The Morgan fingerprint density at radius 1 is 1.19 bits per heavy atom. The Kier molecular flexibility index (Phi) is 7.19. The number of fused-ring (bicyclic) bond motifs is 1. The fraction of sp³-hybridized carbons (Fsp3) is 0.227. The quantitative estimate of drug-likeness (QED) is 0.410. The molecule has 0 radical (unpaired) electrons. The number of benzene rings is 2. The Balaban J connectivity index is 1.59. The number of rotatable bonds is 8. The van der Waals surface area contributed by atoms with Crippen LogP contribution in [0.25, 0.3) is 10.1 Å². The van der Waals surface area contributed by atoms with Gasteiger partial charge < -0.3 is 14.8 Å². The molecule has 0 aliphatic carbocycles. The summed E-state index contributed by atoms with van der Waals surface area (Å²) in [6.07, 6.45) is 0. The Hall–Kier alpha value is -3.46. The normalized spacial score (nSPS) is 11.3. The van der Waals surface area contributed by atoms with Crippen LogP contribution in [0.2, 0.25) is 0 Å². The molecule has 2 N–H and O–H groups in total. The first-order valence-corrected chi connectivity index (χ1v) is 10.4. The summed E-state index contributed by atoms with van der Waals surface area (Å²) in [6.45, 7) is 3.78. The zero-order chi connectivity index (χ0) is 22.4. The lowest BCUT2D eigenvalue weighted by Gasteiger charge is -2.11. The maximum Gasteiger partial charge on any atom is 0.259 e. The summed E-state index contributed by atoms with van der Waals surface area (Å²) in [7, 11) is 1.48. The van der Waals surface area contributed by atoms with Gasteiger partial charge in [-0.25, -0.2) is 9.82 Å². The number of carbonyl (C=O) groups is 2. The SMILES string of the molecule is CCOc1ccc(C(=O)NCC(=O)NN=C(C)c2csc3c(F)cccc23)cc1OC. The van der Waals surface area contributed by atoms with Gasteiger partial charge in [-0.3, -0.25) is 9.59 Å². The largest absolute Gasteiger partial charge is 0.493 e. The van der Waals surface area contributed by atoms with Crippen molar-refractivity contribution in [2.45, 2.75) is 13.8 Å². The van der Waals surface area contributed by atoms with E-state index < -0.39 is 11.8 Å². The van der Waals surface area contributed by atoms with Crippen molar-refractivity contribution in [3.05, 3.63) is 58.7 Å². The molecule has 1 heterocycles. The average molecular weight is 444 g/mol. The third-order valence-electron chi connectivity index (χ3n) is 4.43. The summed E-state index contributed by atoms with van der Waals surface area (Å²) in [5, 5.41) is 9.13. The van der Waals surface area contributed by atoms with E-state index in [-0.39, 0.29) is 12.4 Å². The molecule has 9 heteroatoms. The summed E-state index contributed by atoms with van der Waals surface area (Å²) in [5.41, 5.74) is 4.01. The van der Waals surface area contributed by atoms with E-state index in [1.165, 1.54) is 24.5 Å². The first-order chi connectivity index (χ1) is 14.9. The summed E-state index contributed by atoms with van der Waals surface area (Å²) in [6, 6.07) is 9.60. The number of methoxy groups -OCH3 is 1. The monoisotopic (exact) mass is 443 g/mol. The lowest BCUT2D eigenvalue weighted by atomic mass is 10.1. The second-order valence-electron chi connectivity index (χ2n) is 6.48. The number of thiophene rings is 1. The summed E-state index contributed by atoms with van der Waals surface area (Å²) in [4.78, 5) is 24.4. The molecule has 3 rings (SSSR count). The Morgan fingerprint density at radius 2 is 2.00 bits per heavy atom. The molecule has 0 aliphatic heterocycles. The minimum atomic E-state index is -0.490. The molecule has 0 bridgehead atoms. The van der Waals surface area contributed by atoms with Crippen LogP contribution in [0.5, 0.6) is 11.5 Å². The van der Waals surface area contributed by atoms with Crippen molar-refractivity contribution in [3.8, 4) is 11.5 Å². The molecular weight excluding hydrogens is 421 g/mol. The van der Waals surface area contributed by atoms with Crippen LogP contribution in [0.1, 0.15) is 29.8 Å². The highest BCUT2D eigenvalue weighted by Crippen LogP contribution is 2.29. The van der Waals surface area contributed by atoms with E-state index in [2.05, 4.69) is 15.8 Å². The zero-order valence-corrected chi connectivity index (χ0v) is 18.1. The van der Waals surface area contributed by atoms with Crippen LogP contribution in [0.15, 0.2) is 46.9 Å². The summed E-state index contributed by atoms with van der Waals surface area (Å²) < 4.78 is 25.0. The highest BCUT2D eigenvalue weighted by Gasteiger charge is 2.13. The highest BCUT2D eigenvalue weighted by molar-refractivity contribution is 7.17. The molecular formula is C22H22FN3O4S. The van der Waals surface area contributed by atoms with E-state index in [1.807, 2.05) is 6.92 Å². The van der Waals surface area contributed by atoms with E-state index in [1.54, 1.807) is 42.6 Å². The van der Waals surface area contributed by atoms with Gasteiger partial charge in [-0.15, -0.1) is 11.3 Å². The van der Waals surface area contributed by atoms with Gasteiger partial charge in [0.2, 0.25) is 0 Å². The number of halogens is 1. The van der Waals surface area contributed by atoms with Crippen molar-refractivity contribution in [2.75, 3.05) is 20.3 Å². The van der Waals surface area contributed by atoms with Crippen molar-refractivity contribution >= 4 is 38.9 Å². The van der Waals surface area contributed by atoms with Crippen LogP contribution in [-0.2, 0) is 4.79 Å². The van der Waals surface area contributed by atoms with Crippen LogP contribution in [0.3, 0.4) is 0 Å². The molecule has 7 nitrogen and oxygen atoms in total. The number of amides is 2. The first kappa shape index (κ1) is 22.2. The smallest absolute Gasteiger partial charge is 0.259 e. The van der Waals surface area contributed by atoms with Crippen LogP contribution in [0.4, 0.5) is 4.39 Å². The van der Waals surface area contributed by atoms with Gasteiger partial charge in [0.1, 0.15) is 5.82 Å². The first-order valence-electron chi connectivity index (χ1n) is 9.52.